The van der Waals surface area contributed by atoms with Gasteiger partial charge >= 0.3 is 0 Å². The molecule has 8 nitrogen and oxygen atoms in total. The molecule has 3 heterocycles. The fourth-order valence-electron chi connectivity index (χ4n) is 4.52. The van der Waals surface area contributed by atoms with Gasteiger partial charge in [0.2, 0.25) is 5.91 Å². The second kappa shape index (κ2) is 13.0. The molecule has 1 N–H and O–H groups in total. The first kappa shape index (κ1) is 25.6. The van der Waals surface area contributed by atoms with Gasteiger partial charge in [-0.3, -0.25) is 19.6 Å². The fraction of sp³-hybridized carbons (Fsp3) is 0.905. The van der Waals surface area contributed by atoms with Crippen molar-refractivity contribution < 1.29 is 9.53 Å². The third-order valence-electron chi connectivity index (χ3n) is 6.31. The van der Waals surface area contributed by atoms with Gasteiger partial charge in [0.25, 0.3) is 0 Å². The molecule has 9 heteroatoms. The van der Waals surface area contributed by atoms with Crippen molar-refractivity contribution in [3.63, 3.8) is 0 Å². The van der Waals surface area contributed by atoms with E-state index in [0.29, 0.717) is 24.5 Å². The first-order valence-electron chi connectivity index (χ1n) is 11.5. The lowest BCUT2D eigenvalue weighted by atomic mass is 10.2. The largest absolute Gasteiger partial charge is 0.379 e. The van der Waals surface area contributed by atoms with Gasteiger partial charge in [0.15, 0.2) is 5.96 Å². The minimum Gasteiger partial charge on any atom is -0.379 e. The first-order chi connectivity index (χ1) is 14.1. The Morgan fingerprint density at radius 3 is 2.43 bits per heavy atom. The van der Waals surface area contributed by atoms with Gasteiger partial charge in [-0.05, 0) is 33.6 Å². The summed E-state index contributed by atoms with van der Waals surface area (Å²) in [5, 5.41) is 3.46. The minimum atomic E-state index is 0. The highest BCUT2D eigenvalue weighted by Crippen LogP contribution is 2.12. The van der Waals surface area contributed by atoms with Gasteiger partial charge in [0, 0.05) is 64.4 Å². The molecule has 3 aliphatic heterocycles. The van der Waals surface area contributed by atoms with Gasteiger partial charge in [-0.25, -0.2) is 0 Å². The van der Waals surface area contributed by atoms with Gasteiger partial charge in [-0.1, -0.05) is 0 Å². The van der Waals surface area contributed by atoms with Gasteiger partial charge in [-0.2, -0.15) is 0 Å². The lowest BCUT2D eigenvalue weighted by Crippen LogP contribution is -2.54. The fourth-order valence-corrected chi connectivity index (χ4v) is 4.52. The molecular weight excluding hydrogens is 495 g/mol. The lowest BCUT2D eigenvalue weighted by molar-refractivity contribution is -0.131. The van der Waals surface area contributed by atoms with E-state index >= 15 is 0 Å². The van der Waals surface area contributed by atoms with E-state index in [4.69, 9.17) is 9.73 Å². The molecule has 0 bridgehead atoms. The average molecular weight is 537 g/mol. The molecule has 0 aromatic rings. The Hall–Kier alpha value is -0.650. The molecule has 0 aliphatic carbocycles. The molecule has 2 atom stereocenters. The lowest BCUT2D eigenvalue weighted by Gasteiger charge is -2.38. The summed E-state index contributed by atoms with van der Waals surface area (Å²) in [6, 6.07) is 0.857. The molecule has 0 spiro atoms. The normalized spacial score (nSPS) is 25.2. The predicted molar refractivity (Wildman–Crippen MR) is 132 cm³/mol. The Morgan fingerprint density at radius 1 is 1.10 bits per heavy atom. The van der Waals surface area contributed by atoms with Gasteiger partial charge in [0.05, 0.1) is 26.3 Å². The molecule has 0 aromatic carbocycles. The standard InChI is InChI=1S/C21H40N6O2.HI/c1-4-22-21(23-15-18(2)27-13-14-29-17-19(27)3)26-11-9-24(10-12-26)16-20(28)25-7-5-6-8-25;/h18-19H,4-17H2,1-3H3,(H,22,23);1H. The third-order valence-corrected chi connectivity index (χ3v) is 6.31. The van der Waals surface area contributed by atoms with Gasteiger partial charge in [-0.15, -0.1) is 24.0 Å². The van der Waals surface area contributed by atoms with Crippen molar-refractivity contribution in [2.75, 3.05) is 78.7 Å². The van der Waals surface area contributed by atoms with Crippen molar-refractivity contribution in [1.29, 1.82) is 0 Å². The molecule has 174 valence electrons. The molecule has 0 saturated carbocycles. The molecule has 1 amide bonds. The zero-order valence-electron chi connectivity index (χ0n) is 19.0. The summed E-state index contributed by atoms with van der Waals surface area (Å²) in [6.45, 7) is 17.0. The number of hydrogen-bond donors (Lipinski definition) is 1. The number of ether oxygens (including phenoxy) is 1. The number of carbonyl (C=O) groups excluding carboxylic acids is 1. The first-order valence-corrected chi connectivity index (χ1v) is 11.5. The Kier molecular flexibility index (Phi) is 11.1. The highest BCUT2D eigenvalue weighted by molar-refractivity contribution is 14.0. The SMILES string of the molecule is CCNC(=NCC(C)N1CCOCC1C)N1CCN(CC(=O)N2CCCC2)CC1.I. The molecule has 3 fully saturated rings. The molecule has 0 aromatic heterocycles. The summed E-state index contributed by atoms with van der Waals surface area (Å²) in [4.78, 5) is 26.5. The van der Waals surface area contributed by atoms with Crippen LogP contribution in [0.1, 0.15) is 33.6 Å². The van der Waals surface area contributed by atoms with Crippen LogP contribution >= 0.6 is 24.0 Å². The summed E-state index contributed by atoms with van der Waals surface area (Å²) < 4.78 is 5.56. The van der Waals surface area contributed by atoms with Crippen molar-refractivity contribution >= 4 is 35.8 Å². The number of rotatable bonds is 6. The van der Waals surface area contributed by atoms with Crippen LogP contribution in [0.25, 0.3) is 0 Å². The van der Waals surface area contributed by atoms with Crippen LogP contribution in [0.3, 0.4) is 0 Å². The van der Waals surface area contributed by atoms with E-state index < -0.39 is 0 Å². The van der Waals surface area contributed by atoms with E-state index in [2.05, 4.69) is 40.8 Å². The van der Waals surface area contributed by atoms with Crippen molar-refractivity contribution in [3.8, 4) is 0 Å². The van der Waals surface area contributed by atoms with Crippen LogP contribution in [0.5, 0.6) is 0 Å². The maximum atomic E-state index is 12.4. The van der Waals surface area contributed by atoms with Crippen molar-refractivity contribution in [2.45, 2.75) is 45.7 Å². The smallest absolute Gasteiger partial charge is 0.236 e. The zero-order chi connectivity index (χ0) is 20.6. The molecular formula is C21H41IN6O2. The Balaban J connectivity index is 0.00000320. The minimum absolute atomic E-state index is 0. The number of guanidine groups is 1. The van der Waals surface area contributed by atoms with Crippen molar-refractivity contribution in [3.05, 3.63) is 0 Å². The summed E-state index contributed by atoms with van der Waals surface area (Å²) in [6.07, 6.45) is 2.31. The van der Waals surface area contributed by atoms with Crippen LogP contribution in [0.2, 0.25) is 0 Å². The molecule has 2 unspecified atom stereocenters. The number of aliphatic imine (C=N–C) groups is 1. The number of likely N-dealkylation sites (tertiary alicyclic amines) is 1. The van der Waals surface area contributed by atoms with Gasteiger partial charge < -0.3 is 19.9 Å². The van der Waals surface area contributed by atoms with Crippen LogP contribution in [0.4, 0.5) is 0 Å². The Labute approximate surface area is 199 Å². The zero-order valence-corrected chi connectivity index (χ0v) is 21.3. The second-order valence-corrected chi connectivity index (χ2v) is 8.56. The van der Waals surface area contributed by atoms with Crippen LogP contribution < -0.4 is 5.32 Å². The van der Waals surface area contributed by atoms with E-state index in [0.717, 1.165) is 90.9 Å². The number of piperazine rings is 1. The second-order valence-electron chi connectivity index (χ2n) is 8.56. The number of amides is 1. The van der Waals surface area contributed by atoms with Gasteiger partial charge in [0.1, 0.15) is 0 Å². The Bertz CT molecular complexity index is 550. The predicted octanol–water partition coefficient (Wildman–Crippen LogP) is 0.919. The summed E-state index contributed by atoms with van der Waals surface area (Å²) in [5.74, 6) is 1.30. The van der Waals surface area contributed by atoms with Crippen LogP contribution in [-0.2, 0) is 9.53 Å². The molecule has 0 radical (unpaired) electrons. The van der Waals surface area contributed by atoms with Crippen LogP contribution in [0, 0.1) is 0 Å². The van der Waals surface area contributed by atoms with Crippen LogP contribution in [0.15, 0.2) is 4.99 Å². The highest BCUT2D eigenvalue weighted by Gasteiger charge is 2.26. The quantitative estimate of drug-likeness (QED) is 0.310. The van der Waals surface area contributed by atoms with Crippen molar-refractivity contribution in [2.24, 2.45) is 4.99 Å². The topological polar surface area (TPSA) is 63.7 Å². The summed E-state index contributed by atoms with van der Waals surface area (Å²) >= 11 is 0. The maximum Gasteiger partial charge on any atom is 0.236 e. The number of morpholine rings is 1. The van der Waals surface area contributed by atoms with E-state index in [-0.39, 0.29) is 24.0 Å². The average Bonchev–Trinajstić information content (AvgIpc) is 3.27. The monoisotopic (exact) mass is 536 g/mol. The number of hydrogen-bond acceptors (Lipinski definition) is 5. The maximum absolute atomic E-state index is 12.4. The van der Waals surface area contributed by atoms with E-state index in [1.165, 1.54) is 0 Å². The molecule has 3 aliphatic rings. The molecule has 3 rings (SSSR count). The van der Waals surface area contributed by atoms with E-state index in [9.17, 15) is 4.79 Å². The number of halogens is 1. The Morgan fingerprint density at radius 2 is 1.80 bits per heavy atom. The number of nitrogens with zero attached hydrogens (tertiary/aromatic N) is 5. The number of nitrogens with one attached hydrogen (secondary N) is 1. The summed E-state index contributed by atoms with van der Waals surface area (Å²) in [7, 11) is 0. The highest BCUT2D eigenvalue weighted by atomic mass is 127. The van der Waals surface area contributed by atoms with Crippen molar-refractivity contribution in [1.82, 2.24) is 24.9 Å². The van der Waals surface area contributed by atoms with E-state index in [1.807, 2.05) is 4.90 Å². The summed E-state index contributed by atoms with van der Waals surface area (Å²) in [5.41, 5.74) is 0. The third kappa shape index (κ3) is 7.20. The van der Waals surface area contributed by atoms with E-state index in [1.54, 1.807) is 0 Å². The number of carbonyl (C=O) groups is 1. The molecule has 3 saturated heterocycles. The molecule has 30 heavy (non-hydrogen) atoms. The van der Waals surface area contributed by atoms with Crippen LogP contribution in [-0.4, -0.2) is 122 Å².